The van der Waals surface area contributed by atoms with Gasteiger partial charge >= 0.3 is 0 Å². The summed E-state index contributed by atoms with van der Waals surface area (Å²) in [6, 6.07) is 9.15. The first kappa shape index (κ1) is 14.4. The summed E-state index contributed by atoms with van der Waals surface area (Å²) in [6.07, 6.45) is 0. The van der Waals surface area contributed by atoms with Crippen LogP contribution in [-0.2, 0) is 17.6 Å². The van der Waals surface area contributed by atoms with Crippen LogP contribution in [-0.4, -0.2) is 14.1 Å². The van der Waals surface area contributed by atoms with Gasteiger partial charge in [-0.05, 0) is 29.1 Å². The Hall–Kier alpha value is -0.643. The third-order valence-corrected chi connectivity index (χ3v) is 5.14. The van der Waals surface area contributed by atoms with E-state index in [1.807, 2.05) is 18.2 Å². The van der Waals surface area contributed by atoms with Crippen molar-refractivity contribution >= 4 is 9.04 Å². The number of benzene rings is 1. The minimum Gasteiger partial charge on any atom is -0.416 e. The Bertz CT molecular complexity index is 344. The van der Waals surface area contributed by atoms with E-state index in [0.29, 0.717) is 12.0 Å². The van der Waals surface area contributed by atoms with Crippen molar-refractivity contribution in [3.63, 3.8) is 0 Å². The third-order valence-electron chi connectivity index (χ3n) is 2.61. The monoisotopic (exact) mass is 252 g/mol. The molecular formula is C14H24O2Si. The summed E-state index contributed by atoms with van der Waals surface area (Å²) < 4.78 is 5.96. The van der Waals surface area contributed by atoms with Crippen LogP contribution in [0.2, 0.25) is 12.6 Å². The van der Waals surface area contributed by atoms with Gasteiger partial charge < -0.3 is 9.53 Å². The second kappa shape index (κ2) is 6.33. The van der Waals surface area contributed by atoms with Crippen molar-refractivity contribution in [1.82, 2.24) is 0 Å². The summed E-state index contributed by atoms with van der Waals surface area (Å²) in [6.45, 7) is 9.80. The second-order valence-corrected chi connectivity index (χ2v) is 8.23. The van der Waals surface area contributed by atoms with Gasteiger partial charge in [0, 0.05) is 0 Å². The normalized spacial score (nSPS) is 13.7. The highest BCUT2D eigenvalue weighted by Crippen LogP contribution is 2.22. The average Bonchev–Trinajstić information content (AvgIpc) is 2.24. The number of rotatable bonds is 5. The van der Waals surface area contributed by atoms with Crippen LogP contribution < -0.4 is 0 Å². The molecule has 1 aromatic carbocycles. The van der Waals surface area contributed by atoms with Gasteiger partial charge in [-0.2, -0.15) is 0 Å². The Balaban J connectivity index is 2.44. The fraction of sp³-hybridized carbons (Fsp3) is 0.571. The zero-order valence-corrected chi connectivity index (χ0v) is 12.5. The lowest BCUT2D eigenvalue weighted by Crippen LogP contribution is -2.21. The van der Waals surface area contributed by atoms with E-state index >= 15 is 0 Å². The molecule has 1 unspecified atom stereocenters. The van der Waals surface area contributed by atoms with E-state index in [0.717, 1.165) is 11.1 Å². The molecule has 1 atom stereocenters. The summed E-state index contributed by atoms with van der Waals surface area (Å²) in [5.74, 6) is 0. The lowest BCUT2D eigenvalue weighted by molar-refractivity contribution is 0.280. The molecule has 2 nitrogen and oxygen atoms in total. The maximum absolute atomic E-state index is 9.06. The van der Waals surface area contributed by atoms with Crippen LogP contribution in [0, 0.1) is 5.41 Å². The Morgan fingerprint density at radius 2 is 1.88 bits per heavy atom. The van der Waals surface area contributed by atoms with Gasteiger partial charge in [-0.1, -0.05) is 45.0 Å². The van der Waals surface area contributed by atoms with Crippen LogP contribution in [0.3, 0.4) is 0 Å². The van der Waals surface area contributed by atoms with Crippen molar-refractivity contribution < 1.29 is 9.53 Å². The fourth-order valence-corrected chi connectivity index (χ4v) is 4.30. The van der Waals surface area contributed by atoms with Gasteiger partial charge in [-0.15, -0.1) is 0 Å². The van der Waals surface area contributed by atoms with Gasteiger partial charge in [0.05, 0.1) is 13.2 Å². The minimum atomic E-state index is -1.08. The van der Waals surface area contributed by atoms with Gasteiger partial charge in [0.25, 0.3) is 0 Å². The molecule has 17 heavy (non-hydrogen) atoms. The van der Waals surface area contributed by atoms with Crippen LogP contribution in [0.1, 0.15) is 31.9 Å². The van der Waals surface area contributed by atoms with Crippen molar-refractivity contribution in [2.75, 3.05) is 0 Å². The fourth-order valence-electron chi connectivity index (χ4n) is 1.98. The van der Waals surface area contributed by atoms with E-state index in [9.17, 15) is 0 Å². The van der Waals surface area contributed by atoms with Gasteiger partial charge in [0.2, 0.25) is 0 Å². The molecule has 0 spiro atoms. The molecule has 0 aliphatic heterocycles. The first-order valence-corrected chi connectivity index (χ1v) is 8.65. The molecule has 3 heteroatoms. The van der Waals surface area contributed by atoms with Crippen molar-refractivity contribution in [3.8, 4) is 0 Å². The quantitative estimate of drug-likeness (QED) is 0.816. The van der Waals surface area contributed by atoms with Crippen LogP contribution >= 0.6 is 0 Å². The number of hydrogen-bond donors (Lipinski definition) is 1. The predicted molar refractivity (Wildman–Crippen MR) is 74.4 cm³/mol. The maximum atomic E-state index is 9.06. The molecule has 0 aliphatic carbocycles. The van der Waals surface area contributed by atoms with E-state index < -0.39 is 9.04 Å². The smallest absolute Gasteiger partial charge is 0.174 e. The van der Waals surface area contributed by atoms with E-state index in [-0.39, 0.29) is 6.61 Å². The molecule has 0 aromatic heterocycles. The molecule has 1 aromatic rings. The van der Waals surface area contributed by atoms with E-state index in [2.05, 4.69) is 33.4 Å². The first-order chi connectivity index (χ1) is 7.90. The van der Waals surface area contributed by atoms with Gasteiger partial charge in [-0.3, -0.25) is 0 Å². The highest BCUT2D eigenvalue weighted by Gasteiger charge is 2.17. The Morgan fingerprint density at radius 1 is 1.24 bits per heavy atom. The van der Waals surface area contributed by atoms with Crippen LogP contribution in [0.5, 0.6) is 0 Å². The summed E-state index contributed by atoms with van der Waals surface area (Å²) in [5.41, 5.74) is 2.47. The van der Waals surface area contributed by atoms with Crippen LogP contribution in [0.15, 0.2) is 24.3 Å². The summed E-state index contributed by atoms with van der Waals surface area (Å²) in [5, 5.41) is 9.06. The minimum absolute atomic E-state index is 0.100. The molecule has 1 N–H and O–H groups in total. The van der Waals surface area contributed by atoms with Gasteiger partial charge in [-0.25, -0.2) is 0 Å². The van der Waals surface area contributed by atoms with E-state index in [1.165, 1.54) is 6.04 Å². The van der Waals surface area contributed by atoms with Crippen molar-refractivity contribution in [3.05, 3.63) is 35.4 Å². The number of aliphatic hydroxyl groups is 1. The molecule has 0 fully saturated rings. The van der Waals surface area contributed by atoms with E-state index in [4.69, 9.17) is 9.53 Å². The van der Waals surface area contributed by atoms with Crippen molar-refractivity contribution in [1.29, 1.82) is 0 Å². The Labute approximate surface area is 106 Å². The molecule has 96 valence electrons. The summed E-state index contributed by atoms with van der Waals surface area (Å²) in [4.78, 5) is 0. The molecule has 1 rings (SSSR count). The molecule has 0 radical (unpaired) electrons. The predicted octanol–water partition coefficient (Wildman–Crippen LogP) is 3.10. The lowest BCUT2D eigenvalue weighted by atomic mass is 10.0. The topological polar surface area (TPSA) is 29.5 Å². The zero-order valence-electron chi connectivity index (χ0n) is 11.4. The molecule has 0 saturated carbocycles. The van der Waals surface area contributed by atoms with Gasteiger partial charge in [0.15, 0.2) is 9.04 Å². The molecular weight excluding hydrogens is 228 g/mol. The molecule has 0 amide bonds. The molecule has 0 bridgehead atoms. The zero-order chi connectivity index (χ0) is 12.9. The Morgan fingerprint density at radius 3 is 2.47 bits per heavy atom. The maximum Gasteiger partial charge on any atom is 0.174 e. The van der Waals surface area contributed by atoms with Crippen LogP contribution in [0.25, 0.3) is 0 Å². The average molecular weight is 252 g/mol. The second-order valence-electron chi connectivity index (χ2n) is 5.86. The summed E-state index contributed by atoms with van der Waals surface area (Å²) in [7, 11) is -1.08. The van der Waals surface area contributed by atoms with Gasteiger partial charge in [0.1, 0.15) is 0 Å². The number of aliphatic hydroxyl groups excluding tert-OH is 1. The third kappa shape index (κ3) is 6.01. The molecule has 0 heterocycles. The first-order valence-electron chi connectivity index (χ1n) is 6.21. The standard InChI is InChI=1S/C14H24O2Si/c1-14(2,3)11-17(4)16-10-13-7-5-6-12(8-13)9-15/h5-8,15,17H,9-11H2,1-4H3. The van der Waals surface area contributed by atoms with Crippen molar-refractivity contribution in [2.45, 2.75) is 46.6 Å². The highest BCUT2D eigenvalue weighted by molar-refractivity contribution is 6.50. The highest BCUT2D eigenvalue weighted by atomic mass is 28.3. The van der Waals surface area contributed by atoms with Crippen molar-refractivity contribution in [2.24, 2.45) is 5.41 Å². The summed E-state index contributed by atoms with van der Waals surface area (Å²) >= 11 is 0. The lowest BCUT2D eigenvalue weighted by Gasteiger charge is -2.22. The van der Waals surface area contributed by atoms with Crippen LogP contribution in [0.4, 0.5) is 0 Å². The Kier molecular flexibility index (Phi) is 5.37. The van der Waals surface area contributed by atoms with E-state index in [1.54, 1.807) is 0 Å². The molecule has 0 saturated heterocycles. The number of hydrogen-bond acceptors (Lipinski definition) is 2. The SMILES string of the molecule is C[SiH](CC(C)(C)C)OCc1cccc(CO)c1. The molecule has 0 aliphatic rings. The largest absolute Gasteiger partial charge is 0.416 e.